The van der Waals surface area contributed by atoms with Crippen LogP contribution in [0.2, 0.25) is 0 Å². The van der Waals surface area contributed by atoms with Crippen LogP contribution >= 0.6 is 0 Å². The maximum atomic E-state index is 11.8. The minimum absolute atomic E-state index is 0.0287. The zero-order chi connectivity index (χ0) is 20.9. The monoisotopic (exact) mass is 397 g/mol. The smallest absolute Gasteiger partial charge is 0.225 e. The standard InChI is InChI=1S/C25H23N3O2/c1-17-5-3-4-6-22(17)23(16-24(28-29)21-11-12-26-18(2)15-21)19-7-9-20(10-8-19)25-27-13-14-30-25/h3-15,23-24H,16H2,1-2H3. The van der Waals surface area contributed by atoms with Crippen molar-refractivity contribution in [3.8, 4) is 11.5 Å². The highest BCUT2D eigenvalue weighted by molar-refractivity contribution is 5.54. The van der Waals surface area contributed by atoms with Gasteiger partial charge in [0.1, 0.15) is 12.3 Å². The molecule has 30 heavy (non-hydrogen) atoms. The second-order valence-electron chi connectivity index (χ2n) is 7.46. The van der Waals surface area contributed by atoms with Crippen LogP contribution in [-0.2, 0) is 0 Å². The van der Waals surface area contributed by atoms with Gasteiger partial charge in [-0.05, 0) is 66.8 Å². The van der Waals surface area contributed by atoms with E-state index in [1.807, 2.05) is 43.3 Å². The van der Waals surface area contributed by atoms with E-state index in [1.165, 1.54) is 11.1 Å². The zero-order valence-electron chi connectivity index (χ0n) is 17.0. The van der Waals surface area contributed by atoms with E-state index in [-0.39, 0.29) is 5.92 Å². The number of pyridine rings is 1. The molecule has 4 rings (SSSR count). The molecule has 0 aliphatic heterocycles. The lowest BCUT2D eigenvalue weighted by Gasteiger charge is -2.23. The summed E-state index contributed by atoms with van der Waals surface area (Å²) in [5, 5.41) is 3.48. The minimum Gasteiger partial charge on any atom is -0.445 e. The Bertz CT molecular complexity index is 1120. The summed E-state index contributed by atoms with van der Waals surface area (Å²) in [4.78, 5) is 20.3. The number of benzene rings is 2. The van der Waals surface area contributed by atoms with Crippen molar-refractivity contribution in [2.24, 2.45) is 5.18 Å². The summed E-state index contributed by atoms with van der Waals surface area (Å²) in [6.45, 7) is 4.02. The summed E-state index contributed by atoms with van der Waals surface area (Å²) < 4.78 is 5.40. The molecule has 0 aliphatic carbocycles. The van der Waals surface area contributed by atoms with E-state index >= 15 is 0 Å². The number of hydrogen-bond acceptors (Lipinski definition) is 5. The van der Waals surface area contributed by atoms with Gasteiger partial charge >= 0.3 is 0 Å². The molecule has 0 radical (unpaired) electrons. The summed E-state index contributed by atoms with van der Waals surface area (Å²) in [5.74, 6) is 0.620. The van der Waals surface area contributed by atoms with Gasteiger partial charge < -0.3 is 4.42 Å². The molecule has 0 amide bonds. The Labute approximate surface area is 175 Å². The van der Waals surface area contributed by atoms with Crippen molar-refractivity contribution in [2.75, 3.05) is 0 Å². The number of nitroso groups, excluding NO2 is 1. The van der Waals surface area contributed by atoms with Crippen molar-refractivity contribution in [1.82, 2.24) is 9.97 Å². The predicted octanol–water partition coefficient (Wildman–Crippen LogP) is 6.38. The topological polar surface area (TPSA) is 68.3 Å². The first kappa shape index (κ1) is 19.7. The Morgan fingerprint density at radius 2 is 1.73 bits per heavy atom. The van der Waals surface area contributed by atoms with Gasteiger partial charge in [0.15, 0.2) is 0 Å². The number of nitrogens with zero attached hydrogens (tertiary/aromatic N) is 3. The third-order valence-corrected chi connectivity index (χ3v) is 5.45. The summed E-state index contributed by atoms with van der Waals surface area (Å²) in [6.07, 6.45) is 5.51. The fraction of sp³-hybridized carbons (Fsp3) is 0.200. The second kappa shape index (κ2) is 8.82. The summed E-state index contributed by atoms with van der Waals surface area (Å²) >= 11 is 0. The SMILES string of the molecule is Cc1cc(C(CC(c2ccc(-c3ncco3)cc2)c2ccccc2C)N=O)ccn1. The van der Waals surface area contributed by atoms with Crippen LogP contribution in [0.1, 0.15) is 46.3 Å². The minimum atomic E-state index is -0.456. The molecule has 0 aliphatic rings. The first-order valence-electron chi connectivity index (χ1n) is 9.96. The van der Waals surface area contributed by atoms with Gasteiger partial charge in [-0.15, -0.1) is 0 Å². The lowest BCUT2D eigenvalue weighted by molar-refractivity contribution is 0.574. The Morgan fingerprint density at radius 3 is 2.40 bits per heavy atom. The van der Waals surface area contributed by atoms with Crippen LogP contribution in [0.3, 0.4) is 0 Å². The van der Waals surface area contributed by atoms with Gasteiger partial charge in [0.25, 0.3) is 0 Å². The molecule has 0 spiro atoms. The maximum Gasteiger partial charge on any atom is 0.225 e. The van der Waals surface area contributed by atoms with E-state index < -0.39 is 6.04 Å². The average molecular weight is 397 g/mol. The summed E-state index contributed by atoms with van der Waals surface area (Å²) in [5.41, 5.74) is 6.20. The fourth-order valence-corrected chi connectivity index (χ4v) is 3.88. The average Bonchev–Trinajstić information content (AvgIpc) is 3.31. The van der Waals surface area contributed by atoms with Crippen LogP contribution in [0.15, 0.2) is 88.9 Å². The molecule has 0 fully saturated rings. The van der Waals surface area contributed by atoms with Crippen molar-refractivity contribution >= 4 is 0 Å². The Kier molecular flexibility index (Phi) is 5.80. The van der Waals surface area contributed by atoms with Crippen molar-refractivity contribution in [1.29, 1.82) is 0 Å². The van der Waals surface area contributed by atoms with Crippen LogP contribution < -0.4 is 0 Å². The molecule has 2 aromatic heterocycles. The van der Waals surface area contributed by atoms with E-state index in [1.54, 1.807) is 18.7 Å². The van der Waals surface area contributed by atoms with E-state index in [2.05, 4.69) is 46.3 Å². The van der Waals surface area contributed by atoms with E-state index in [0.717, 1.165) is 22.4 Å². The van der Waals surface area contributed by atoms with Crippen molar-refractivity contribution < 1.29 is 4.42 Å². The molecule has 2 aromatic carbocycles. The molecule has 2 heterocycles. The summed E-state index contributed by atoms with van der Waals surface area (Å²) in [7, 11) is 0. The summed E-state index contributed by atoms with van der Waals surface area (Å²) in [6, 6.07) is 19.8. The van der Waals surface area contributed by atoms with Gasteiger partial charge in [-0.25, -0.2) is 4.98 Å². The van der Waals surface area contributed by atoms with Crippen molar-refractivity contribution in [3.05, 3.63) is 112 Å². The van der Waals surface area contributed by atoms with Gasteiger partial charge in [0.05, 0.1) is 6.20 Å². The van der Waals surface area contributed by atoms with Crippen LogP contribution in [0.4, 0.5) is 0 Å². The van der Waals surface area contributed by atoms with Crippen LogP contribution in [0.5, 0.6) is 0 Å². The predicted molar refractivity (Wildman–Crippen MR) is 117 cm³/mol. The molecule has 0 saturated heterocycles. The van der Waals surface area contributed by atoms with E-state index in [9.17, 15) is 4.91 Å². The highest BCUT2D eigenvalue weighted by Gasteiger charge is 2.23. The first-order valence-corrected chi connectivity index (χ1v) is 9.96. The van der Waals surface area contributed by atoms with Gasteiger partial charge in [0.2, 0.25) is 5.89 Å². The van der Waals surface area contributed by atoms with Gasteiger partial charge in [-0.1, -0.05) is 41.6 Å². The molecule has 0 bridgehead atoms. The molecule has 2 atom stereocenters. The molecule has 0 N–H and O–H groups in total. The number of hydrogen-bond donors (Lipinski definition) is 0. The molecule has 5 nitrogen and oxygen atoms in total. The molecule has 2 unspecified atom stereocenters. The number of aromatic nitrogens is 2. The second-order valence-corrected chi connectivity index (χ2v) is 7.46. The van der Waals surface area contributed by atoms with E-state index in [0.29, 0.717) is 12.3 Å². The van der Waals surface area contributed by atoms with Gasteiger partial charge in [-0.3, -0.25) is 4.98 Å². The van der Waals surface area contributed by atoms with Crippen molar-refractivity contribution in [2.45, 2.75) is 32.2 Å². The number of oxazole rings is 1. The third-order valence-electron chi connectivity index (χ3n) is 5.45. The number of aryl methyl sites for hydroxylation is 2. The molecule has 150 valence electrons. The largest absolute Gasteiger partial charge is 0.445 e. The first-order chi connectivity index (χ1) is 14.7. The molecular formula is C25H23N3O2. The fourth-order valence-electron chi connectivity index (χ4n) is 3.88. The Morgan fingerprint density at radius 1 is 0.933 bits per heavy atom. The molecule has 0 saturated carbocycles. The normalized spacial score (nSPS) is 13.0. The molecule has 5 heteroatoms. The lowest BCUT2D eigenvalue weighted by Crippen LogP contribution is -2.09. The van der Waals surface area contributed by atoms with Gasteiger partial charge in [0, 0.05) is 23.4 Å². The maximum absolute atomic E-state index is 11.8. The third kappa shape index (κ3) is 4.20. The molecule has 4 aromatic rings. The van der Waals surface area contributed by atoms with Crippen molar-refractivity contribution in [3.63, 3.8) is 0 Å². The van der Waals surface area contributed by atoms with Crippen LogP contribution in [-0.4, -0.2) is 9.97 Å². The Balaban J connectivity index is 1.71. The molecular weight excluding hydrogens is 374 g/mol. The highest BCUT2D eigenvalue weighted by Crippen LogP contribution is 2.37. The quantitative estimate of drug-likeness (QED) is 0.339. The van der Waals surface area contributed by atoms with Crippen LogP contribution in [0, 0.1) is 18.8 Å². The number of rotatable bonds is 7. The highest BCUT2D eigenvalue weighted by atomic mass is 16.3. The Hall–Kier alpha value is -3.60. The lowest BCUT2D eigenvalue weighted by atomic mass is 9.82. The van der Waals surface area contributed by atoms with Crippen LogP contribution in [0.25, 0.3) is 11.5 Å². The van der Waals surface area contributed by atoms with Gasteiger partial charge in [-0.2, -0.15) is 4.91 Å². The van der Waals surface area contributed by atoms with E-state index in [4.69, 9.17) is 4.42 Å². The zero-order valence-corrected chi connectivity index (χ0v) is 17.0.